The average molecular weight is 282 g/mol. The lowest BCUT2D eigenvalue weighted by atomic mass is 9.69. The van der Waals surface area contributed by atoms with E-state index in [1.54, 1.807) is 0 Å². The van der Waals surface area contributed by atoms with Crippen LogP contribution in [0.15, 0.2) is 0 Å². The minimum atomic E-state index is -0.794. The van der Waals surface area contributed by atoms with E-state index in [4.69, 9.17) is 5.11 Å². The molecular formula is C17H30O3. The maximum absolute atomic E-state index is 12.2. The van der Waals surface area contributed by atoms with Crippen molar-refractivity contribution in [1.29, 1.82) is 0 Å². The number of rotatable bonds is 8. The lowest BCUT2D eigenvalue weighted by Crippen LogP contribution is -2.33. The van der Waals surface area contributed by atoms with Crippen LogP contribution in [0.2, 0.25) is 0 Å². The monoisotopic (exact) mass is 282 g/mol. The third-order valence-electron chi connectivity index (χ3n) is 5.12. The Morgan fingerprint density at radius 1 is 1.35 bits per heavy atom. The fraction of sp³-hybridized carbons (Fsp3) is 0.882. The summed E-state index contributed by atoms with van der Waals surface area (Å²) in [5, 5.41) is 8.89. The second kappa shape index (κ2) is 7.24. The molecule has 0 amide bonds. The van der Waals surface area contributed by atoms with Gasteiger partial charge < -0.3 is 5.11 Å². The first-order valence-electron chi connectivity index (χ1n) is 8.02. The first-order chi connectivity index (χ1) is 9.27. The molecular weight excluding hydrogens is 252 g/mol. The van der Waals surface area contributed by atoms with Crippen LogP contribution in [0, 0.1) is 23.2 Å². The lowest BCUT2D eigenvalue weighted by molar-refractivity contribution is -0.138. The van der Waals surface area contributed by atoms with Crippen molar-refractivity contribution in [2.75, 3.05) is 0 Å². The van der Waals surface area contributed by atoms with E-state index < -0.39 is 11.4 Å². The van der Waals surface area contributed by atoms with Crippen LogP contribution in [0.25, 0.3) is 0 Å². The van der Waals surface area contributed by atoms with Crippen molar-refractivity contribution in [3.63, 3.8) is 0 Å². The van der Waals surface area contributed by atoms with Crippen LogP contribution in [0.3, 0.4) is 0 Å². The highest BCUT2D eigenvalue weighted by molar-refractivity contribution is 5.87. The van der Waals surface area contributed by atoms with Crippen molar-refractivity contribution in [3.8, 4) is 0 Å². The third-order valence-corrected chi connectivity index (χ3v) is 5.12. The number of carbonyl (C=O) groups excluding carboxylic acids is 1. The average Bonchev–Trinajstić information content (AvgIpc) is 2.63. The number of hydrogen-bond donors (Lipinski definition) is 1. The zero-order chi connectivity index (χ0) is 15.3. The van der Waals surface area contributed by atoms with Crippen molar-refractivity contribution in [2.24, 2.45) is 23.2 Å². The minimum Gasteiger partial charge on any atom is -0.481 e. The van der Waals surface area contributed by atoms with Gasteiger partial charge in [0.1, 0.15) is 5.78 Å². The van der Waals surface area contributed by atoms with Crippen molar-refractivity contribution in [1.82, 2.24) is 0 Å². The van der Waals surface area contributed by atoms with Crippen LogP contribution in [-0.4, -0.2) is 16.9 Å². The van der Waals surface area contributed by atoms with Gasteiger partial charge in [-0.25, -0.2) is 0 Å². The van der Waals surface area contributed by atoms with Crippen LogP contribution >= 0.6 is 0 Å². The Bertz CT molecular complexity index is 348. The topological polar surface area (TPSA) is 54.4 Å². The highest BCUT2D eigenvalue weighted by Crippen LogP contribution is 2.48. The van der Waals surface area contributed by atoms with Gasteiger partial charge in [0.05, 0.1) is 0 Å². The Labute approximate surface area is 123 Å². The summed E-state index contributed by atoms with van der Waals surface area (Å²) in [7, 11) is 0. The summed E-state index contributed by atoms with van der Waals surface area (Å²) in [6.07, 6.45) is 5.78. The summed E-state index contributed by atoms with van der Waals surface area (Å²) < 4.78 is 0. The summed E-state index contributed by atoms with van der Waals surface area (Å²) in [5.74, 6) is 1.09. The fourth-order valence-electron chi connectivity index (χ4n) is 3.75. The zero-order valence-electron chi connectivity index (χ0n) is 13.4. The maximum atomic E-state index is 12.2. The van der Waals surface area contributed by atoms with Crippen molar-refractivity contribution in [3.05, 3.63) is 0 Å². The second-order valence-corrected chi connectivity index (χ2v) is 7.18. The van der Waals surface area contributed by atoms with Gasteiger partial charge >= 0.3 is 5.97 Å². The van der Waals surface area contributed by atoms with E-state index in [1.165, 1.54) is 12.8 Å². The second-order valence-electron chi connectivity index (χ2n) is 7.18. The number of aliphatic carboxylic acids is 1. The highest BCUT2D eigenvalue weighted by atomic mass is 16.4. The number of carboxylic acids is 1. The number of hydrogen-bond acceptors (Lipinski definition) is 2. The third kappa shape index (κ3) is 4.32. The van der Waals surface area contributed by atoms with Crippen LogP contribution < -0.4 is 0 Å². The SMILES string of the molecule is CC(C)CCC[C@@H](C)[C@@H]1CCC(=O)[C@@]1(C)CCC(=O)O. The molecule has 3 nitrogen and oxygen atoms in total. The van der Waals surface area contributed by atoms with Crippen LogP contribution in [0.1, 0.15) is 72.6 Å². The first kappa shape index (κ1) is 17.2. The fourth-order valence-corrected chi connectivity index (χ4v) is 3.75. The molecule has 0 spiro atoms. The Kier molecular flexibility index (Phi) is 6.22. The molecule has 0 heterocycles. The number of Topliss-reactive ketones (excluding diaryl/α,β-unsaturated/α-hetero) is 1. The Morgan fingerprint density at radius 3 is 2.55 bits per heavy atom. The van der Waals surface area contributed by atoms with E-state index in [0.29, 0.717) is 24.7 Å². The molecule has 1 rings (SSSR count). The van der Waals surface area contributed by atoms with Crippen molar-refractivity contribution >= 4 is 11.8 Å². The summed E-state index contributed by atoms with van der Waals surface area (Å²) in [6.45, 7) is 8.71. The van der Waals surface area contributed by atoms with Gasteiger partial charge in [-0.05, 0) is 30.6 Å². The molecule has 116 valence electrons. The molecule has 0 aliphatic heterocycles. The van der Waals surface area contributed by atoms with Gasteiger partial charge in [0, 0.05) is 18.3 Å². The number of carbonyl (C=O) groups is 2. The molecule has 20 heavy (non-hydrogen) atoms. The maximum Gasteiger partial charge on any atom is 0.303 e. The standard InChI is InChI=1S/C17H30O3/c1-12(2)6-5-7-13(3)14-8-9-15(18)17(14,4)11-10-16(19)20/h12-14H,5-11H2,1-4H3,(H,19,20)/t13-,14+,17+/m1/s1. The van der Waals surface area contributed by atoms with Gasteiger partial charge in [-0.3, -0.25) is 9.59 Å². The molecule has 0 unspecified atom stereocenters. The Morgan fingerprint density at radius 2 is 2.00 bits per heavy atom. The normalized spacial score (nSPS) is 28.1. The molecule has 0 aromatic carbocycles. The number of carboxylic acid groups (broad SMARTS) is 1. The summed E-state index contributed by atoms with van der Waals surface area (Å²) in [5.41, 5.74) is -0.407. The van der Waals surface area contributed by atoms with E-state index in [9.17, 15) is 9.59 Å². The van der Waals surface area contributed by atoms with Gasteiger partial charge in [-0.1, -0.05) is 47.0 Å². The van der Waals surface area contributed by atoms with E-state index in [2.05, 4.69) is 20.8 Å². The molecule has 1 aliphatic carbocycles. The summed E-state index contributed by atoms with van der Waals surface area (Å²) in [6, 6.07) is 0. The lowest BCUT2D eigenvalue weighted by Gasteiger charge is -2.34. The van der Waals surface area contributed by atoms with Crippen LogP contribution in [0.5, 0.6) is 0 Å². The predicted octanol–water partition coefficient (Wildman–Crippen LogP) is 4.30. The van der Waals surface area contributed by atoms with Gasteiger partial charge in [0.25, 0.3) is 0 Å². The largest absolute Gasteiger partial charge is 0.481 e. The quantitative estimate of drug-likeness (QED) is 0.722. The summed E-state index contributed by atoms with van der Waals surface area (Å²) in [4.78, 5) is 23.0. The molecule has 1 fully saturated rings. The van der Waals surface area contributed by atoms with Crippen molar-refractivity contribution < 1.29 is 14.7 Å². The van der Waals surface area contributed by atoms with E-state index in [1.807, 2.05) is 6.92 Å². The molecule has 1 N–H and O–H groups in total. The molecule has 0 aromatic heterocycles. The zero-order valence-corrected chi connectivity index (χ0v) is 13.4. The van der Waals surface area contributed by atoms with Gasteiger partial charge in [0.2, 0.25) is 0 Å². The minimum absolute atomic E-state index is 0.109. The van der Waals surface area contributed by atoms with Crippen molar-refractivity contribution in [2.45, 2.75) is 72.6 Å². The van der Waals surface area contributed by atoms with E-state index in [0.717, 1.165) is 18.8 Å². The van der Waals surface area contributed by atoms with E-state index >= 15 is 0 Å². The molecule has 0 radical (unpaired) electrons. The summed E-state index contributed by atoms with van der Waals surface area (Å²) >= 11 is 0. The van der Waals surface area contributed by atoms with Gasteiger partial charge in [0.15, 0.2) is 0 Å². The molecule has 0 bridgehead atoms. The molecule has 3 atom stereocenters. The van der Waals surface area contributed by atoms with Crippen LogP contribution in [0.4, 0.5) is 0 Å². The van der Waals surface area contributed by atoms with Gasteiger partial charge in [-0.15, -0.1) is 0 Å². The predicted molar refractivity (Wildman–Crippen MR) is 80.6 cm³/mol. The first-order valence-corrected chi connectivity index (χ1v) is 8.02. The molecule has 1 aliphatic rings. The Balaban J connectivity index is 2.61. The number of ketones is 1. The molecule has 0 saturated heterocycles. The smallest absolute Gasteiger partial charge is 0.303 e. The van der Waals surface area contributed by atoms with Gasteiger partial charge in [-0.2, -0.15) is 0 Å². The van der Waals surface area contributed by atoms with Crippen LogP contribution in [-0.2, 0) is 9.59 Å². The molecule has 3 heteroatoms. The van der Waals surface area contributed by atoms with E-state index in [-0.39, 0.29) is 12.2 Å². The molecule has 1 saturated carbocycles. The Hall–Kier alpha value is -0.860. The molecule has 0 aromatic rings. The highest BCUT2D eigenvalue weighted by Gasteiger charge is 2.47.